The average molecular weight is 251 g/mol. The van der Waals surface area contributed by atoms with Gasteiger partial charge in [-0.3, -0.25) is 0 Å². The number of carbonyl (C=O) groups is 1. The number of nitrogens with zero attached hydrogens (tertiary/aromatic N) is 1. The molecule has 1 aromatic rings. The fourth-order valence-electron chi connectivity index (χ4n) is 1.32. The van der Waals surface area contributed by atoms with E-state index < -0.39 is 6.03 Å². The van der Waals surface area contributed by atoms with Crippen LogP contribution in [0.4, 0.5) is 4.79 Å². The first-order valence-corrected chi connectivity index (χ1v) is 5.65. The van der Waals surface area contributed by atoms with Crippen LogP contribution < -0.4 is 20.6 Å². The normalized spacial score (nSPS) is 10.3. The van der Waals surface area contributed by atoms with Gasteiger partial charge in [0.2, 0.25) is 0 Å². The SMILES string of the molecule is CCOc1ccc(/C=N\NC(N)=O)c(OCC)c1. The maximum Gasteiger partial charge on any atom is 0.332 e. The molecule has 0 aromatic heterocycles. The Morgan fingerprint density at radius 1 is 1.39 bits per heavy atom. The van der Waals surface area contributed by atoms with Crippen LogP contribution in [0.25, 0.3) is 0 Å². The van der Waals surface area contributed by atoms with Gasteiger partial charge in [-0.1, -0.05) is 0 Å². The molecular formula is C12H17N3O3. The van der Waals surface area contributed by atoms with Crippen LogP contribution in [0, 0.1) is 0 Å². The third-order valence-corrected chi connectivity index (χ3v) is 1.97. The molecule has 0 atom stereocenters. The van der Waals surface area contributed by atoms with Gasteiger partial charge >= 0.3 is 6.03 Å². The average Bonchev–Trinajstić information content (AvgIpc) is 2.32. The van der Waals surface area contributed by atoms with Crippen LogP contribution in [-0.4, -0.2) is 25.5 Å². The number of nitrogens with two attached hydrogens (primary N) is 1. The van der Waals surface area contributed by atoms with E-state index in [0.29, 0.717) is 19.0 Å². The van der Waals surface area contributed by atoms with E-state index in [9.17, 15) is 4.79 Å². The number of ether oxygens (including phenoxy) is 2. The molecule has 3 N–H and O–H groups in total. The van der Waals surface area contributed by atoms with Gasteiger partial charge in [0.15, 0.2) is 0 Å². The molecule has 0 saturated heterocycles. The summed E-state index contributed by atoms with van der Waals surface area (Å²) in [5, 5.41) is 3.69. The summed E-state index contributed by atoms with van der Waals surface area (Å²) in [6, 6.07) is 4.66. The molecule has 1 rings (SSSR count). The summed E-state index contributed by atoms with van der Waals surface area (Å²) < 4.78 is 10.8. The highest BCUT2D eigenvalue weighted by Crippen LogP contribution is 2.23. The minimum absolute atomic E-state index is 0.527. The van der Waals surface area contributed by atoms with Gasteiger partial charge in [0.05, 0.1) is 19.4 Å². The van der Waals surface area contributed by atoms with E-state index in [2.05, 4.69) is 10.5 Å². The molecule has 0 aliphatic carbocycles. The van der Waals surface area contributed by atoms with Gasteiger partial charge in [0, 0.05) is 11.6 Å². The Labute approximate surface area is 106 Å². The molecule has 98 valence electrons. The van der Waals surface area contributed by atoms with Crippen molar-refractivity contribution in [1.82, 2.24) is 5.43 Å². The molecule has 18 heavy (non-hydrogen) atoms. The second-order valence-corrected chi connectivity index (χ2v) is 3.30. The van der Waals surface area contributed by atoms with Crippen molar-refractivity contribution in [1.29, 1.82) is 0 Å². The molecule has 0 radical (unpaired) electrons. The number of carbonyl (C=O) groups excluding carboxylic acids is 1. The number of hydrogen-bond acceptors (Lipinski definition) is 4. The van der Waals surface area contributed by atoms with Crippen LogP contribution in [0.3, 0.4) is 0 Å². The largest absolute Gasteiger partial charge is 0.494 e. The molecule has 6 heteroatoms. The van der Waals surface area contributed by atoms with E-state index >= 15 is 0 Å². The lowest BCUT2D eigenvalue weighted by atomic mass is 10.2. The molecular weight excluding hydrogens is 234 g/mol. The maximum atomic E-state index is 10.5. The van der Waals surface area contributed by atoms with Gasteiger partial charge in [-0.05, 0) is 26.0 Å². The zero-order valence-electron chi connectivity index (χ0n) is 10.5. The zero-order chi connectivity index (χ0) is 13.4. The molecule has 0 fully saturated rings. The van der Waals surface area contributed by atoms with Gasteiger partial charge in [-0.15, -0.1) is 0 Å². The number of primary amides is 1. The Balaban J connectivity index is 2.88. The zero-order valence-corrected chi connectivity index (χ0v) is 10.5. The number of urea groups is 1. The first-order chi connectivity index (χ1) is 8.67. The smallest absolute Gasteiger partial charge is 0.332 e. The van der Waals surface area contributed by atoms with Crippen molar-refractivity contribution in [3.8, 4) is 11.5 Å². The van der Waals surface area contributed by atoms with E-state index in [-0.39, 0.29) is 0 Å². The highest BCUT2D eigenvalue weighted by atomic mass is 16.5. The number of rotatable bonds is 6. The Kier molecular flexibility index (Phi) is 5.50. The molecule has 2 amide bonds. The third kappa shape index (κ3) is 4.32. The molecule has 0 spiro atoms. The molecule has 1 aromatic carbocycles. The lowest BCUT2D eigenvalue weighted by Crippen LogP contribution is -2.24. The Bertz CT molecular complexity index is 433. The molecule has 0 aliphatic heterocycles. The van der Waals surface area contributed by atoms with Gasteiger partial charge in [-0.2, -0.15) is 5.10 Å². The van der Waals surface area contributed by atoms with Crippen molar-refractivity contribution < 1.29 is 14.3 Å². The monoisotopic (exact) mass is 251 g/mol. The van der Waals surface area contributed by atoms with E-state index in [1.807, 2.05) is 13.8 Å². The van der Waals surface area contributed by atoms with E-state index in [1.54, 1.807) is 18.2 Å². The fourth-order valence-corrected chi connectivity index (χ4v) is 1.32. The molecule has 0 heterocycles. The number of nitrogens with one attached hydrogen (secondary N) is 1. The topological polar surface area (TPSA) is 85.9 Å². The highest BCUT2D eigenvalue weighted by molar-refractivity contribution is 5.85. The van der Waals surface area contributed by atoms with Crippen LogP contribution in [0.5, 0.6) is 11.5 Å². The summed E-state index contributed by atoms with van der Waals surface area (Å²) in [5.74, 6) is 1.36. The summed E-state index contributed by atoms with van der Waals surface area (Å²) >= 11 is 0. The number of amides is 2. The summed E-state index contributed by atoms with van der Waals surface area (Å²) in [7, 11) is 0. The van der Waals surface area contributed by atoms with Crippen LogP contribution in [-0.2, 0) is 0 Å². The van der Waals surface area contributed by atoms with Crippen molar-refractivity contribution in [3.05, 3.63) is 23.8 Å². The first-order valence-electron chi connectivity index (χ1n) is 5.65. The standard InChI is InChI=1S/C12H17N3O3/c1-3-17-10-6-5-9(8-14-15-12(13)16)11(7-10)18-4-2/h5-8H,3-4H2,1-2H3,(H3,13,15,16)/b14-8-. The number of hydrogen-bond donors (Lipinski definition) is 2. The Morgan fingerprint density at radius 3 is 2.72 bits per heavy atom. The summed E-state index contributed by atoms with van der Waals surface area (Å²) in [4.78, 5) is 10.5. The van der Waals surface area contributed by atoms with Crippen molar-refractivity contribution in [2.45, 2.75) is 13.8 Å². The lowest BCUT2D eigenvalue weighted by molar-refractivity contribution is 0.249. The highest BCUT2D eigenvalue weighted by Gasteiger charge is 2.04. The molecule has 0 aliphatic rings. The predicted octanol–water partition coefficient (Wildman–Crippen LogP) is 1.49. The van der Waals surface area contributed by atoms with Crippen LogP contribution in [0.1, 0.15) is 19.4 Å². The van der Waals surface area contributed by atoms with Gasteiger partial charge in [0.25, 0.3) is 0 Å². The van der Waals surface area contributed by atoms with E-state index in [1.165, 1.54) is 6.21 Å². The minimum atomic E-state index is -0.713. The van der Waals surface area contributed by atoms with Crippen LogP contribution >= 0.6 is 0 Å². The fraction of sp³-hybridized carbons (Fsp3) is 0.333. The maximum absolute atomic E-state index is 10.5. The quantitative estimate of drug-likeness (QED) is 0.593. The first kappa shape index (κ1) is 13.8. The molecule has 0 bridgehead atoms. The Hall–Kier alpha value is -2.24. The van der Waals surface area contributed by atoms with Crippen molar-refractivity contribution in [3.63, 3.8) is 0 Å². The third-order valence-electron chi connectivity index (χ3n) is 1.97. The van der Waals surface area contributed by atoms with Gasteiger partial charge < -0.3 is 15.2 Å². The minimum Gasteiger partial charge on any atom is -0.494 e. The summed E-state index contributed by atoms with van der Waals surface area (Å²) in [6.07, 6.45) is 1.46. The molecule has 6 nitrogen and oxygen atoms in total. The van der Waals surface area contributed by atoms with Crippen molar-refractivity contribution in [2.75, 3.05) is 13.2 Å². The summed E-state index contributed by atoms with van der Waals surface area (Å²) in [5.41, 5.74) is 7.76. The Morgan fingerprint density at radius 2 is 2.11 bits per heavy atom. The van der Waals surface area contributed by atoms with Crippen molar-refractivity contribution in [2.24, 2.45) is 10.8 Å². The molecule has 0 saturated carbocycles. The number of hydrazone groups is 1. The van der Waals surface area contributed by atoms with Crippen molar-refractivity contribution >= 4 is 12.2 Å². The predicted molar refractivity (Wildman–Crippen MR) is 69.1 cm³/mol. The second-order valence-electron chi connectivity index (χ2n) is 3.30. The number of benzene rings is 1. The van der Waals surface area contributed by atoms with E-state index in [0.717, 1.165) is 11.3 Å². The van der Waals surface area contributed by atoms with Crippen LogP contribution in [0.15, 0.2) is 23.3 Å². The van der Waals surface area contributed by atoms with E-state index in [4.69, 9.17) is 15.2 Å². The second kappa shape index (κ2) is 7.16. The lowest BCUT2D eigenvalue weighted by Gasteiger charge is -2.09. The summed E-state index contributed by atoms with van der Waals surface area (Å²) in [6.45, 7) is 4.91. The van der Waals surface area contributed by atoms with Gasteiger partial charge in [-0.25, -0.2) is 10.2 Å². The van der Waals surface area contributed by atoms with Crippen LogP contribution in [0.2, 0.25) is 0 Å². The van der Waals surface area contributed by atoms with Gasteiger partial charge in [0.1, 0.15) is 11.5 Å². The molecule has 0 unspecified atom stereocenters.